The fourth-order valence-electron chi connectivity index (χ4n) is 3.39. The Labute approximate surface area is 142 Å². The summed E-state index contributed by atoms with van der Waals surface area (Å²) < 4.78 is 0. The summed E-state index contributed by atoms with van der Waals surface area (Å²) in [5.41, 5.74) is 6.40. The Morgan fingerprint density at radius 2 is 1.17 bits per heavy atom. The van der Waals surface area contributed by atoms with E-state index in [0.717, 1.165) is 0 Å². The summed E-state index contributed by atoms with van der Waals surface area (Å²) in [4.78, 5) is 0. The highest BCUT2D eigenvalue weighted by Crippen LogP contribution is 2.65. The molecule has 1 aliphatic rings. The van der Waals surface area contributed by atoms with Gasteiger partial charge in [0.1, 0.15) is 0 Å². The van der Waals surface area contributed by atoms with E-state index in [-0.39, 0.29) is 10.7 Å². The third kappa shape index (κ3) is 3.23. The van der Waals surface area contributed by atoms with E-state index in [1.807, 2.05) is 0 Å². The number of hydrogen-bond acceptors (Lipinski definition) is 1. The van der Waals surface area contributed by atoms with E-state index in [2.05, 4.69) is 95.2 Å². The summed E-state index contributed by atoms with van der Waals surface area (Å²) in [7, 11) is -0.414. The normalized spacial score (nSPS) is 16.1. The van der Waals surface area contributed by atoms with Gasteiger partial charge in [-0.15, -0.1) is 0 Å². The van der Waals surface area contributed by atoms with Gasteiger partial charge in [0.05, 0.1) is 0 Å². The van der Waals surface area contributed by atoms with Crippen molar-refractivity contribution in [3.63, 3.8) is 0 Å². The zero-order valence-corrected chi connectivity index (χ0v) is 16.0. The van der Waals surface area contributed by atoms with Gasteiger partial charge in [-0.05, 0) is 56.3 Å². The van der Waals surface area contributed by atoms with E-state index in [1.54, 1.807) is 0 Å². The third-order valence-corrected chi connectivity index (χ3v) is 7.67. The van der Waals surface area contributed by atoms with Crippen LogP contribution in [-0.4, -0.2) is 10.7 Å². The van der Waals surface area contributed by atoms with Crippen molar-refractivity contribution in [3.05, 3.63) is 59.7 Å². The molecule has 23 heavy (non-hydrogen) atoms. The second-order valence-corrected chi connectivity index (χ2v) is 11.3. The van der Waals surface area contributed by atoms with Gasteiger partial charge in [-0.1, -0.05) is 69.3 Å². The maximum atomic E-state index is 3.98. The van der Waals surface area contributed by atoms with Gasteiger partial charge in [0.25, 0.3) is 0 Å². The zero-order chi connectivity index (χ0) is 16.8. The average molecular weight is 325 g/mol. The average Bonchev–Trinajstić information content (AvgIpc) is 2.77. The van der Waals surface area contributed by atoms with E-state index < -0.39 is 8.07 Å². The summed E-state index contributed by atoms with van der Waals surface area (Å²) >= 11 is 0. The van der Waals surface area contributed by atoms with E-state index >= 15 is 0 Å². The molecule has 0 saturated carbocycles. The maximum Gasteiger partial charge on any atom is 0.0439 e. The lowest BCUT2D eigenvalue weighted by molar-refractivity contribution is 0.518. The second-order valence-electron chi connectivity index (χ2n) is 8.48. The van der Waals surface area contributed by atoms with Gasteiger partial charge in [0.2, 0.25) is 0 Å². The van der Waals surface area contributed by atoms with Crippen LogP contribution in [0.25, 0.3) is 11.1 Å². The molecule has 1 aliphatic carbocycles. The van der Waals surface area contributed by atoms with E-state index in [0.29, 0.717) is 5.66 Å². The van der Waals surface area contributed by atoms with E-state index in [4.69, 9.17) is 0 Å². The van der Waals surface area contributed by atoms with Crippen molar-refractivity contribution in [1.29, 1.82) is 0 Å². The van der Waals surface area contributed by atoms with Crippen LogP contribution in [0.5, 0.6) is 0 Å². The first kappa shape index (κ1) is 16.7. The van der Waals surface area contributed by atoms with Crippen molar-refractivity contribution >= 4 is 8.07 Å². The molecule has 0 heterocycles. The number of fused-ring (bicyclic) bond motifs is 3. The highest BCUT2D eigenvalue weighted by molar-refractivity contribution is 7.58. The smallest absolute Gasteiger partial charge is 0.0439 e. The minimum atomic E-state index is -0.414. The molecule has 0 amide bonds. The highest BCUT2D eigenvalue weighted by Gasteiger charge is 2.40. The van der Waals surface area contributed by atoms with Crippen molar-refractivity contribution in [2.75, 3.05) is 0 Å². The molecular formula is C21H28NP. The molecule has 1 unspecified atom stereocenters. The summed E-state index contributed by atoms with van der Waals surface area (Å²) in [6.45, 7) is 14.0. The quantitative estimate of drug-likeness (QED) is 0.635. The lowest BCUT2D eigenvalue weighted by Crippen LogP contribution is -2.37. The fraction of sp³-hybridized carbons (Fsp3) is 0.429. The molecule has 0 radical (unpaired) electrons. The van der Waals surface area contributed by atoms with Gasteiger partial charge < -0.3 is 0 Å². The maximum absolute atomic E-state index is 3.98. The molecule has 1 nitrogen and oxygen atoms in total. The number of rotatable bonds is 2. The van der Waals surface area contributed by atoms with Crippen LogP contribution in [0.1, 0.15) is 58.3 Å². The Morgan fingerprint density at radius 1 is 0.739 bits per heavy atom. The molecule has 1 N–H and O–H groups in total. The summed E-state index contributed by atoms with van der Waals surface area (Å²) in [6.07, 6.45) is 0. The Kier molecular flexibility index (Phi) is 4.15. The van der Waals surface area contributed by atoms with Gasteiger partial charge in [-0.2, -0.15) is 0 Å². The van der Waals surface area contributed by atoms with Gasteiger partial charge in [0, 0.05) is 11.2 Å². The first-order chi connectivity index (χ1) is 10.7. The summed E-state index contributed by atoms with van der Waals surface area (Å²) in [5, 5.41) is 4.22. The van der Waals surface area contributed by atoms with Crippen molar-refractivity contribution in [3.8, 4) is 11.1 Å². The molecule has 0 fully saturated rings. The first-order valence-electron chi connectivity index (χ1n) is 8.44. The van der Waals surface area contributed by atoms with E-state index in [1.165, 1.54) is 22.3 Å². The Balaban J connectivity index is 2.16. The predicted molar refractivity (Wildman–Crippen MR) is 103 cm³/mol. The minimum Gasteiger partial charge on any atom is -0.290 e. The van der Waals surface area contributed by atoms with Crippen molar-refractivity contribution in [1.82, 2.24) is 5.09 Å². The van der Waals surface area contributed by atoms with Crippen LogP contribution < -0.4 is 5.09 Å². The molecule has 0 saturated heterocycles. The molecule has 2 aromatic carbocycles. The van der Waals surface area contributed by atoms with Crippen LogP contribution in [0, 0.1) is 0 Å². The van der Waals surface area contributed by atoms with Gasteiger partial charge >= 0.3 is 0 Å². The Hall–Kier alpha value is -1.17. The Morgan fingerprint density at radius 3 is 1.57 bits per heavy atom. The lowest BCUT2D eigenvalue weighted by atomic mass is 10.1. The Bertz CT molecular complexity index is 661. The first-order valence-corrected chi connectivity index (χ1v) is 9.85. The molecule has 122 valence electrons. The van der Waals surface area contributed by atoms with Crippen LogP contribution >= 0.6 is 8.07 Å². The molecule has 2 heteroatoms. The topological polar surface area (TPSA) is 12.0 Å². The van der Waals surface area contributed by atoms with Gasteiger partial charge in [-0.25, -0.2) is 0 Å². The number of hydrogen-bond donors (Lipinski definition) is 1. The third-order valence-electron chi connectivity index (χ3n) is 4.24. The molecule has 2 aromatic rings. The molecule has 0 aliphatic heterocycles. The van der Waals surface area contributed by atoms with Crippen LogP contribution in [0.15, 0.2) is 48.5 Å². The van der Waals surface area contributed by atoms with E-state index in [9.17, 15) is 0 Å². The number of benzene rings is 2. The lowest BCUT2D eigenvalue weighted by Gasteiger charge is -2.41. The SMILES string of the molecule is CC(C)(C)NP(C1c2ccccc2-c2ccccc21)C(C)(C)C. The largest absolute Gasteiger partial charge is 0.290 e. The molecule has 0 aromatic heterocycles. The van der Waals surface area contributed by atoms with Gasteiger partial charge in [-0.3, -0.25) is 5.09 Å². The molecule has 3 rings (SSSR count). The molecule has 0 bridgehead atoms. The molecule has 0 spiro atoms. The highest BCUT2D eigenvalue weighted by atomic mass is 31.1. The predicted octanol–water partition coefficient (Wildman–Crippen LogP) is 6.34. The second kappa shape index (κ2) is 5.72. The standard InChI is InChI=1S/C21H28NP/c1-20(2,3)22-23(21(4,5)6)19-17-13-9-7-11-15(17)16-12-8-10-14-18(16)19/h7-14,19,22H,1-6H3. The zero-order valence-electron chi connectivity index (χ0n) is 15.1. The molecule has 1 atom stereocenters. The summed E-state index contributed by atoms with van der Waals surface area (Å²) in [5.74, 6) is 0. The van der Waals surface area contributed by atoms with Crippen LogP contribution in [-0.2, 0) is 0 Å². The fourth-order valence-corrected chi connectivity index (χ4v) is 6.36. The van der Waals surface area contributed by atoms with Crippen molar-refractivity contribution in [2.24, 2.45) is 0 Å². The van der Waals surface area contributed by atoms with Crippen LogP contribution in [0.2, 0.25) is 0 Å². The minimum absolute atomic E-state index is 0.117. The number of nitrogens with one attached hydrogen (secondary N) is 1. The molecular weight excluding hydrogens is 297 g/mol. The van der Waals surface area contributed by atoms with Gasteiger partial charge in [0.15, 0.2) is 0 Å². The van der Waals surface area contributed by atoms with Crippen LogP contribution in [0.3, 0.4) is 0 Å². The monoisotopic (exact) mass is 325 g/mol. The van der Waals surface area contributed by atoms with Crippen molar-refractivity contribution < 1.29 is 0 Å². The van der Waals surface area contributed by atoms with Crippen LogP contribution in [0.4, 0.5) is 0 Å². The van der Waals surface area contributed by atoms with Crippen molar-refractivity contribution in [2.45, 2.75) is 57.9 Å². The summed E-state index contributed by atoms with van der Waals surface area (Å²) in [6, 6.07) is 17.9.